The highest BCUT2D eigenvalue weighted by molar-refractivity contribution is 14.2. The monoisotopic (exact) mass is 476 g/mol. The summed E-state index contributed by atoms with van der Waals surface area (Å²) in [4.78, 5) is 23.9. The minimum Gasteiger partial charge on any atom is -0.351 e. The lowest BCUT2D eigenvalue weighted by Crippen LogP contribution is -2.52. The fourth-order valence-electron chi connectivity index (χ4n) is 6.51. The Morgan fingerprint density at radius 1 is 1.28 bits per heavy atom. The first kappa shape index (κ1) is 19.9. The molecule has 0 N–H and O–H groups in total. The van der Waals surface area contributed by atoms with Crippen molar-refractivity contribution in [3.63, 3.8) is 0 Å². The number of carbonyl (C=O) groups is 2. The van der Waals surface area contributed by atoms with E-state index >= 15 is 0 Å². The van der Waals surface area contributed by atoms with Gasteiger partial charge in [-0.15, -0.1) is 0 Å². The summed E-state index contributed by atoms with van der Waals surface area (Å²) < 4.78 is 6.00. The first-order valence-corrected chi connectivity index (χ1v) is 13.7. The third-order valence-corrected chi connectivity index (χ3v) is 8.78. The van der Waals surface area contributed by atoms with Crippen molar-refractivity contribution < 1.29 is 14.1 Å². The van der Waals surface area contributed by atoms with Gasteiger partial charge < -0.3 is 4.52 Å². The molecule has 0 saturated heterocycles. The summed E-state index contributed by atoms with van der Waals surface area (Å²) in [6.45, 7) is 5.65. The second kappa shape index (κ2) is 8.06. The molecule has 0 radical (unpaired) electrons. The van der Waals surface area contributed by atoms with Crippen LogP contribution in [-0.4, -0.2) is 18.7 Å². The Hall–Kier alpha value is 0.200. The average molecular weight is 476 g/mol. The van der Waals surface area contributed by atoms with E-state index in [1.807, 2.05) is 6.08 Å². The van der Waals surface area contributed by atoms with E-state index in [-0.39, 0.29) is 10.8 Å². The number of fused-ring (bicyclic) bond motifs is 3. The lowest BCUT2D eigenvalue weighted by atomic mass is 9.48. The van der Waals surface area contributed by atoms with Gasteiger partial charge in [-0.1, -0.05) is 25.8 Å². The first-order valence-electron chi connectivity index (χ1n) is 9.69. The zero-order valence-corrected chi connectivity index (χ0v) is 18.5. The van der Waals surface area contributed by atoms with Gasteiger partial charge in [-0.3, -0.25) is 9.59 Å². The van der Waals surface area contributed by atoms with Crippen LogP contribution in [0.2, 0.25) is 0 Å². The Labute approximate surface area is 166 Å². The van der Waals surface area contributed by atoms with Crippen LogP contribution in [0.25, 0.3) is 0 Å². The topological polar surface area (TPSA) is 43.4 Å². The fraction of sp³-hybridized carbons (Fsp3) is 0.800. The number of Topliss-reactive ketones (excluding diaryl/α,β-unsaturated/α-hetero) is 1. The van der Waals surface area contributed by atoms with E-state index in [4.69, 9.17) is 4.52 Å². The third kappa shape index (κ3) is 3.29. The Balaban J connectivity index is 1.99. The van der Waals surface area contributed by atoms with Crippen molar-refractivity contribution in [2.45, 2.75) is 65.2 Å². The highest BCUT2D eigenvalue weighted by Crippen LogP contribution is 2.64. The van der Waals surface area contributed by atoms with Crippen LogP contribution >= 0.6 is 28.5 Å². The Morgan fingerprint density at radius 3 is 2.76 bits per heavy atom. The van der Waals surface area contributed by atoms with Crippen LogP contribution in [0.3, 0.4) is 0 Å². The highest BCUT2D eigenvalue weighted by atomic mass is 127. The Morgan fingerprint density at radius 2 is 2.08 bits per heavy atom. The lowest BCUT2D eigenvalue weighted by Gasteiger charge is -2.57. The number of rotatable bonds is 6. The normalized spacial score (nSPS) is 42.8. The molecule has 6 atom stereocenters. The van der Waals surface area contributed by atoms with Crippen LogP contribution in [0, 0.1) is 28.6 Å². The van der Waals surface area contributed by atoms with Gasteiger partial charge in [-0.05, 0) is 84.4 Å². The molecule has 3 rings (SSSR count). The molecule has 3 fully saturated rings. The number of carbonyl (C=O) groups excluding carboxylic acids is 2. The summed E-state index contributed by atoms with van der Waals surface area (Å²) in [6.07, 6.45) is 11.1. The minimum atomic E-state index is -0.0864. The quantitative estimate of drug-likeness (QED) is 0.215. The van der Waals surface area contributed by atoms with Crippen molar-refractivity contribution in [3.8, 4) is 0 Å². The van der Waals surface area contributed by atoms with Crippen LogP contribution < -0.4 is 0 Å². The van der Waals surface area contributed by atoms with Crippen LogP contribution in [0.5, 0.6) is 0 Å². The van der Waals surface area contributed by atoms with Gasteiger partial charge >= 0.3 is 0 Å². The molecule has 140 valence electrons. The number of hydrogen-bond donors (Lipinski definition) is 0. The molecular weight excluding hydrogens is 446 g/mol. The number of allylic oxidation sites excluding steroid dienone is 1. The SMILES string of the molecule is CCCC1(COPI)/C(=C\C=O)CCC2C3CCC(=O)C3(C)CCC21. The van der Waals surface area contributed by atoms with Crippen LogP contribution in [0.4, 0.5) is 0 Å². The van der Waals surface area contributed by atoms with Gasteiger partial charge in [0.15, 0.2) is 0 Å². The number of aldehydes is 1. The van der Waals surface area contributed by atoms with E-state index in [1.165, 1.54) is 5.57 Å². The summed E-state index contributed by atoms with van der Waals surface area (Å²) in [5.41, 5.74) is 1.23. The molecule has 5 heteroatoms. The molecule has 0 amide bonds. The van der Waals surface area contributed by atoms with Crippen molar-refractivity contribution in [3.05, 3.63) is 11.6 Å². The molecule has 3 saturated carbocycles. The van der Waals surface area contributed by atoms with E-state index in [2.05, 4.69) is 35.9 Å². The van der Waals surface area contributed by atoms with Crippen molar-refractivity contribution in [1.29, 1.82) is 0 Å². The smallest absolute Gasteiger partial charge is 0.142 e. The Kier molecular flexibility index (Phi) is 6.43. The molecular formula is C20H30IO3P. The van der Waals surface area contributed by atoms with Crippen molar-refractivity contribution in [1.82, 2.24) is 0 Å². The first-order chi connectivity index (χ1) is 12.0. The molecule has 0 aromatic heterocycles. The van der Waals surface area contributed by atoms with Crippen molar-refractivity contribution in [2.75, 3.05) is 6.61 Å². The summed E-state index contributed by atoms with van der Waals surface area (Å²) in [6, 6.07) is 0. The van der Waals surface area contributed by atoms with Gasteiger partial charge in [0.05, 0.1) is 13.1 Å². The van der Waals surface area contributed by atoms with Crippen molar-refractivity contribution >= 4 is 40.6 Å². The lowest BCUT2D eigenvalue weighted by molar-refractivity contribution is -0.133. The molecule has 3 aliphatic carbocycles. The molecule has 25 heavy (non-hydrogen) atoms. The molecule has 0 aliphatic heterocycles. The largest absolute Gasteiger partial charge is 0.351 e. The maximum Gasteiger partial charge on any atom is 0.142 e. The Bertz CT molecular complexity index is 563. The molecule has 0 aromatic carbocycles. The zero-order chi connectivity index (χ0) is 18.1. The van der Waals surface area contributed by atoms with Gasteiger partial charge in [0.25, 0.3) is 0 Å². The van der Waals surface area contributed by atoms with Crippen LogP contribution in [-0.2, 0) is 14.1 Å². The van der Waals surface area contributed by atoms with Gasteiger partial charge in [0.1, 0.15) is 12.1 Å². The third-order valence-electron chi connectivity index (χ3n) is 7.59. The van der Waals surface area contributed by atoms with E-state index in [0.717, 1.165) is 64.3 Å². The molecule has 3 aliphatic rings. The standard InChI is InChI=1S/C20H30IO3P/c1-3-10-20(13-24-25-21)14(9-12-22)4-5-15-16-6-7-18(23)19(16,2)11-8-17(15)20/h9,12,15-17,25H,3-8,10-11,13H2,1-2H3/b14-9-. The van der Waals surface area contributed by atoms with E-state index in [9.17, 15) is 9.59 Å². The van der Waals surface area contributed by atoms with E-state index in [1.54, 1.807) is 0 Å². The van der Waals surface area contributed by atoms with Gasteiger partial charge in [0, 0.05) is 17.3 Å². The van der Waals surface area contributed by atoms with Gasteiger partial charge in [0.2, 0.25) is 0 Å². The number of halogens is 1. The van der Waals surface area contributed by atoms with Gasteiger partial charge in [-0.2, -0.15) is 0 Å². The fourth-order valence-corrected chi connectivity index (χ4v) is 7.29. The molecule has 0 bridgehead atoms. The second-order valence-corrected chi connectivity index (χ2v) is 10.2. The summed E-state index contributed by atoms with van der Waals surface area (Å²) in [7, 11) is 0. The second-order valence-electron chi connectivity index (χ2n) is 8.43. The van der Waals surface area contributed by atoms with Crippen LogP contribution in [0.15, 0.2) is 11.6 Å². The zero-order valence-electron chi connectivity index (χ0n) is 15.4. The molecule has 3 nitrogen and oxygen atoms in total. The maximum absolute atomic E-state index is 12.5. The number of ketones is 1. The van der Waals surface area contributed by atoms with E-state index < -0.39 is 0 Å². The summed E-state index contributed by atoms with van der Waals surface area (Å²) in [5, 5.41) is 0. The predicted octanol–water partition coefficient (Wildman–Crippen LogP) is 5.66. The summed E-state index contributed by atoms with van der Waals surface area (Å²) in [5.74, 6) is 2.21. The minimum absolute atomic E-state index is 0.00369. The summed E-state index contributed by atoms with van der Waals surface area (Å²) >= 11 is 2.30. The molecule has 0 spiro atoms. The highest BCUT2D eigenvalue weighted by Gasteiger charge is 2.59. The number of hydrogen-bond acceptors (Lipinski definition) is 3. The predicted molar refractivity (Wildman–Crippen MR) is 111 cm³/mol. The molecule has 0 aromatic rings. The average Bonchev–Trinajstić information content (AvgIpc) is 2.91. The van der Waals surface area contributed by atoms with Crippen molar-refractivity contribution in [2.24, 2.45) is 28.6 Å². The maximum atomic E-state index is 12.5. The molecule has 6 unspecified atom stereocenters. The van der Waals surface area contributed by atoms with Crippen LogP contribution in [0.1, 0.15) is 65.2 Å². The molecule has 0 heterocycles. The van der Waals surface area contributed by atoms with Gasteiger partial charge in [-0.25, -0.2) is 0 Å². The van der Waals surface area contributed by atoms with E-state index in [0.29, 0.717) is 30.0 Å².